The third-order valence-corrected chi connectivity index (χ3v) is 3.71. The Morgan fingerprint density at radius 1 is 0.882 bits per heavy atom. The van der Waals surface area contributed by atoms with Crippen LogP contribution in [0.5, 0.6) is 0 Å². The van der Waals surface area contributed by atoms with Crippen LogP contribution in [-0.4, -0.2) is 0 Å². The van der Waals surface area contributed by atoms with Gasteiger partial charge in [-0.1, -0.05) is 48.6 Å². The molecule has 0 spiro atoms. The normalized spacial score (nSPS) is 12.8. The molecular formula is C17H16. The Kier molecular flexibility index (Phi) is 2.36. The zero-order valence-corrected chi connectivity index (χ0v) is 10.3. The van der Waals surface area contributed by atoms with Crippen LogP contribution in [0.15, 0.2) is 42.5 Å². The lowest BCUT2D eigenvalue weighted by Gasteiger charge is -2.12. The number of benzene rings is 2. The molecule has 0 N–H and O–H groups in total. The minimum Gasteiger partial charge on any atom is -0.0795 e. The Balaban J connectivity index is 2.26. The zero-order valence-electron chi connectivity index (χ0n) is 10.3. The highest BCUT2D eigenvalue weighted by molar-refractivity contribution is 5.81. The van der Waals surface area contributed by atoms with Gasteiger partial charge >= 0.3 is 0 Å². The van der Waals surface area contributed by atoms with Crippen molar-refractivity contribution in [3.63, 3.8) is 0 Å². The van der Waals surface area contributed by atoms with E-state index in [0.29, 0.717) is 0 Å². The van der Waals surface area contributed by atoms with Gasteiger partial charge in [0.05, 0.1) is 0 Å². The van der Waals surface area contributed by atoms with Crippen LogP contribution in [0.3, 0.4) is 0 Å². The van der Waals surface area contributed by atoms with Gasteiger partial charge in [-0.25, -0.2) is 0 Å². The van der Waals surface area contributed by atoms with Crippen molar-refractivity contribution in [1.82, 2.24) is 0 Å². The second-order valence-corrected chi connectivity index (χ2v) is 4.73. The van der Waals surface area contributed by atoms with Gasteiger partial charge in [0.1, 0.15) is 0 Å². The molecule has 0 amide bonds. The van der Waals surface area contributed by atoms with Crippen LogP contribution < -0.4 is 0 Å². The summed E-state index contributed by atoms with van der Waals surface area (Å²) in [5.74, 6) is 0. The first-order valence-corrected chi connectivity index (χ1v) is 6.12. The average molecular weight is 220 g/mol. The second-order valence-electron chi connectivity index (χ2n) is 4.73. The molecule has 0 atom stereocenters. The molecule has 0 heterocycles. The summed E-state index contributed by atoms with van der Waals surface area (Å²) in [6, 6.07) is 13.2. The highest BCUT2D eigenvalue weighted by atomic mass is 14.2. The van der Waals surface area contributed by atoms with E-state index in [-0.39, 0.29) is 0 Å². The van der Waals surface area contributed by atoms with Crippen LogP contribution in [0, 0.1) is 13.8 Å². The van der Waals surface area contributed by atoms with Crippen LogP contribution in [0.1, 0.15) is 22.3 Å². The van der Waals surface area contributed by atoms with Crippen molar-refractivity contribution in [1.29, 1.82) is 0 Å². The van der Waals surface area contributed by atoms with Gasteiger partial charge in [0.25, 0.3) is 0 Å². The van der Waals surface area contributed by atoms with Crippen LogP contribution in [0.2, 0.25) is 0 Å². The van der Waals surface area contributed by atoms with E-state index in [4.69, 9.17) is 0 Å². The number of hydrogen-bond donors (Lipinski definition) is 0. The molecule has 84 valence electrons. The van der Waals surface area contributed by atoms with Crippen LogP contribution in [-0.2, 0) is 6.42 Å². The first-order valence-electron chi connectivity index (χ1n) is 6.12. The van der Waals surface area contributed by atoms with Gasteiger partial charge in [0.15, 0.2) is 0 Å². The van der Waals surface area contributed by atoms with E-state index in [1.807, 2.05) is 0 Å². The van der Waals surface area contributed by atoms with Crippen LogP contribution in [0.25, 0.3) is 17.2 Å². The van der Waals surface area contributed by atoms with Crippen molar-refractivity contribution in [3.05, 3.63) is 64.7 Å². The third kappa shape index (κ3) is 1.61. The van der Waals surface area contributed by atoms with Crippen LogP contribution >= 0.6 is 0 Å². The molecule has 0 nitrogen and oxygen atoms in total. The van der Waals surface area contributed by atoms with Gasteiger partial charge in [0, 0.05) is 0 Å². The Labute approximate surface area is 103 Å². The number of allylic oxidation sites excluding steroid dienone is 1. The Morgan fingerprint density at radius 3 is 2.53 bits per heavy atom. The quantitative estimate of drug-likeness (QED) is 0.662. The van der Waals surface area contributed by atoms with Crippen molar-refractivity contribution >= 4 is 6.08 Å². The van der Waals surface area contributed by atoms with E-state index in [1.54, 1.807) is 0 Å². The lowest BCUT2D eigenvalue weighted by molar-refractivity contribution is 1.30. The van der Waals surface area contributed by atoms with E-state index in [1.165, 1.54) is 33.4 Å². The fraction of sp³-hybridized carbons (Fsp3) is 0.176. The molecule has 0 unspecified atom stereocenters. The van der Waals surface area contributed by atoms with Crippen molar-refractivity contribution in [2.24, 2.45) is 0 Å². The SMILES string of the molecule is Cc1cccc(-c2cccc3c2C=CC3)c1C. The molecule has 0 bridgehead atoms. The summed E-state index contributed by atoms with van der Waals surface area (Å²) < 4.78 is 0. The molecule has 0 saturated carbocycles. The van der Waals surface area contributed by atoms with Crippen molar-refractivity contribution in [3.8, 4) is 11.1 Å². The molecule has 2 aromatic rings. The summed E-state index contributed by atoms with van der Waals surface area (Å²) in [6.07, 6.45) is 5.58. The van der Waals surface area contributed by atoms with Gasteiger partial charge in [-0.3, -0.25) is 0 Å². The Morgan fingerprint density at radius 2 is 1.65 bits per heavy atom. The van der Waals surface area contributed by atoms with Crippen LogP contribution in [0.4, 0.5) is 0 Å². The summed E-state index contributed by atoms with van der Waals surface area (Å²) in [5.41, 5.74) is 8.35. The van der Waals surface area contributed by atoms with Gasteiger partial charge < -0.3 is 0 Å². The van der Waals surface area contributed by atoms with Crippen molar-refractivity contribution in [2.45, 2.75) is 20.3 Å². The van der Waals surface area contributed by atoms with Crippen molar-refractivity contribution < 1.29 is 0 Å². The minimum atomic E-state index is 1.08. The molecule has 0 aliphatic heterocycles. The second kappa shape index (κ2) is 3.89. The lowest BCUT2D eigenvalue weighted by atomic mass is 9.92. The molecule has 0 saturated heterocycles. The summed E-state index contributed by atoms with van der Waals surface area (Å²) in [6.45, 7) is 4.39. The summed E-state index contributed by atoms with van der Waals surface area (Å²) in [4.78, 5) is 0. The largest absolute Gasteiger partial charge is 0.0795 e. The van der Waals surface area contributed by atoms with E-state index in [2.05, 4.69) is 62.4 Å². The molecule has 3 rings (SSSR count). The van der Waals surface area contributed by atoms with Crippen molar-refractivity contribution in [2.75, 3.05) is 0 Å². The number of rotatable bonds is 1. The molecule has 17 heavy (non-hydrogen) atoms. The first kappa shape index (κ1) is 10.3. The zero-order chi connectivity index (χ0) is 11.8. The van der Waals surface area contributed by atoms with Gasteiger partial charge in [-0.2, -0.15) is 0 Å². The van der Waals surface area contributed by atoms with E-state index in [9.17, 15) is 0 Å². The molecular weight excluding hydrogens is 204 g/mol. The number of aryl methyl sites for hydroxylation is 1. The minimum absolute atomic E-state index is 1.08. The maximum atomic E-state index is 2.26. The predicted molar refractivity (Wildman–Crippen MR) is 74.1 cm³/mol. The van der Waals surface area contributed by atoms with Gasteiger partial charge in [-0.05, 0) is 53.6 Å². The fourth-order valence-electron chi connectivity index (χ4n) is 2.57. The summed E-state index contributed by atoms with van der Waals surface area (Å²) in [5, 5.41) is 0. The molecule has 0 heteroatoms. The molecule has 1 aliphatic carbocycles. The highest BCUT2D eigenvalue weighted by Gasteiger charge is 2.12. The summed E-state index contributed by atoms with van der Waals surface area (Å²) in [7, 11) is 0. The third-order valence-electron chi connectivity index (χ3n) is 3.71. The monoisotopic (exact) mass is 220 g/mol. The highest BCUT2D eigenvalue weighted by Crippen LogP contribution is 2.33. The molecule has 1 aliphatic rings. The molecule has 2 aromatic carbocycles. The molecule has 0 aromatic heterocycles. The predicted octanol–water partition coefficient (Wildman–Crippen LogP) is 4.54. The first-order chi connectivity index (χ1) is 8.27. The number of fused-ring (bicyclic) bond motifs is 1. The Hall–Kier alpha value is -1.82. The average Bonchev–Trinajstić information content (AvgIpc) is 2.81. The van der Waals surface area contributed by atoms with Gasteiger partial charge in [0.2, 0.25) is 0 Å². The molecule has 0 radical (unpaired) electrons. The van der Waals surface area contributed by atoms with E-state index < -0.39 is 0 Å². The fourth-order valence-corrected chi connectivity index (χ4v) is 2.57. The Bertz CT molecular complexity index is 603. The van der Waals surface area contributed by atoms with E-state index >= 15 is 0 Å². The number of hydrogen-bond acceptors (Lipinski definition) is 0. The maximum Gasteiger partial charge on any atom is -0.00879 e. The van der Waals surface area contributed by atoms with E-state index in [0.717, 1.165) is 6.42 Å². The molecule has 0 fully saturated rings. The maximum absolute atomic E-state index is 2.26. The van der Waals surface area contributed by atoms with Gasteiger partial charge in [-0.15, -0.1) is 0 Å². The standard InChI is InChI=1S/C17H16/c1-12-6-3-9-15(13(12)2)17-11-5-8-14-7-4-10-16(14)17/h3-6,8-11H,7H2,1-2H3. The topological polar surface area (TPSA) is 0 Å². The smallest absolute Gasteiger partial charge is 0.00879 e. The summed E-state index contributed by atoms with van der Waals surface area (Å²) >= 11 is 0. The lowest BCUT2D eigenvalue weighted by Crippen LogP contribution is -1.91.